The summed E-state index contributed by atoms with van der Waals surface area (Å²) in [5.41, 5.74) is 0.572. The Morgan fingerprint density at radius 1 is 1.31 bits per heavy atom. The summed E-state index contributed by atoms with van der Waals surface area (Å²) in [6.07, 6.45) is 0.599. The molecule has 1 saturated heterocycles. The molecule has 0 bridgehead atoms. The molecular formula is C12H16O3S. The molecule has 0 saturated carbocycles. The smallest absolute Gasteiger partial charge is 0.153 e. The zero-order valence-electron chi connectivity index (χ0n) is 9.35. The first-order valence-corrected chi connectivity index (χ1v) is 7.20. The van der Waals surface area contributed by atoms with Crippen molar-refractivity contribution in [2.45, 2.75) is 25.6 Å². The first kappa shape index (κ1) is 11.6. The molecule has 1 heterocycles. The van der Waals surface area contributed by atoms with E-state index >= 15 is 0 Å². The lowest BCUT2D eigenvalue weighted by atomic mass is 10.1. The van der Waals surface area contributed by atoms with Crippen LogP contribution in [0.3, 0.4) is 0 Å². The topological polar surface area (TPSA) is 43.4 Å². The Kier molecular flexibility index (Phi) is 3.04. The van der Waals surface area contributed by atoms with E-state index in [0.29, 0.717) is 13.0 Å². The fraction of sp³-hybridized carbons (Fsp3) is 0.500. The van der Waals surface area contributed by atoms with E-state index < -0.39 is 15.4 Å². The van der Waals surface area contributed by atoms with Gasteiger partial charge in [-0.3, -0.25) is 0 Å². The van der Waals surface area contributed by atoms with Gasteiger partial charge in [-0.25, -0.2) is 8.42 Å². The first-order valence-electron chi connectivity index (χ1n) is 5.37. The normalized spacial score (nSPS) is 28.1. The van der Waals surface area contributed by atoms with Crippen LogP contribution in [-0.2, 0) is 21.2 Å². The van der Waals surface area contributed by atoms with Gasteiger partial charge in [0.05, 0.1) is 23.7 Å². The molecule has 2 rings (SSSR count). The molecule has 0 aliphatic carbocycles. The molecule has 1 atom stereocenters. The van der Waals surface area contributed by atoms with Crippen LogP contribution in [0.15, 0.2) is 30.3 Å². The van der Waals surface area contributed by atoms with Crippen molar-refractivity contribution in [1.29, 1.82) is 0 Å². The van der Waals surface area contributed by atoms with Crippen molar-refractivity contribution in [3.8, 4) is 0 Å². The van der Waals surface area contributed by atoms with Gasteiger partial charge in [0.2, 0.25) is 0 Å². The molecule has 0 aromatic heterocycles. The average Bonchev–Trinajstić information content (AvgIpc) is 2.53. The maximum absolute atomic E-state index is 11.4. The van der Waals surface area contributed by atoms with Gasteiger partial charge in [0.1, 0.15) is 0 Å². The summed E-state index contributed by atoms with van der Waals surface area (Å²) in [5.74, 6) is 0.394. The van der Waals surface area contributed by atoms with Crippen LogP contribution in [0, 0.1) is 0 Å². The molecule has 1 aliphatic rings. The Hall–Kier alpha value is -0.870. The lowest BCUT2D eigenvalue weighted by molar-refractivity contribution is -0.0233. The lowest BCUT2D eigenvalue weighted by Gasteiger charge is -2.22. The molecule has 0 radical (unpaired) electrons. The molecule has 88 valence electrons. The summed E-state index contributed by atoms with van der Waals surface area (Å²) < 4.78 is 28.5. The number of ether oxygens (including phenoxy) is 1. The second-order valence-corrected chi connectivity index (χ2v) is 6.75. The minimum Gasteiger partial charge on any atom is -0.370 e. The van der Waals surface area contributed by atoms with E-state index in [1.165, 1.54) is 0 Å². The molecule has 0 amide bonds. The molecule has 16 heavy (non-hydrogen) atoms. The number of hydrogen-bond donors (Lipinski definition) is 0. The van der Waals surface area contributed by atoms with E-state index in [-0.39, 0.29) is 11.5 Å². The monoisotopic (exact) mass is 240 g/mol. The van der Waals surface area contributed by atoms with Crippen molar-refractivity contribution in [2.24, 2.45) is 0 Å². The minimum absolute atomic E-state index is 0.146. The van der Waals surface area contributed by atoms with E-state index in [1.807, 2.05) is 37.3 Å². The van der Waals surface area contributed by atoms with Gasteiger partial charge >= 0.3 is 0 Å². The number of sulfone groups is 1. The molecular weight excluding hydrogens is 224 g/mol. The van der Waals surface area contributed by atoms with E-state index in [9.17, 15) is 8.42 Å². The van der Waals surface area contributed by atoms with Crippen LogP contribution in [0.25, 0.3) is 0 Å². The maximum Gasteiger partial charge on any atom is 0.153 e. The second kappa shape index (κ2) is 4.18. The second-order valence-electron chi connectivity index (χ2n) is 4.57. The fourth-order valence-corrected chi connectivity index (χ4v) is 3.97. The molecule has 4 heteroatoms. The summed E-state index contributed by atoms with van der Waals surface area (Å²) in [6.45, 7) is 2.35. The van der Waals surface area contributed by atoms with E-state index in [2.05, 4.69) is 0 Å². The largest absolute Gasteiger partial charge is 0.370 e. The SMILES string of the molecule is C[C@]1(OCc2ccccc2)CCS(=O)(=O)C1. The van der Waals surface area contributed by atoms with E-state index in [4.69, 9.17) is 4.74 Å². The highest BCUT2D eigenvalue weighted by atomic mass is 32.2. The van der Waals surface area contributed by atoms with Crippen LogP contribution in [0.4, 0.5) is 0 Å². The van der Waals surface area contributed by atoms with Gasteiger partial charge in [-0.15, -0.1) is 0 Å². The van der Waals surface area contributed by atoms with Gasteiger partial charge in [0.25, 0.3) is 0 Å². The lowest BCUT2D eigenvalue weighted by Crippen LogP contribution is -2.29. The van der Waals surface area contributed by atoms with Crippen LogP contribution < -0.4 is 0 Å². The fourth-order valence-electron chi connectivity index (χ4n) is 1.93. The van der Waals surface area contributed by atoms with Crippen molar-refractivity contribution >= 4 is 9.84 Å². The molecule has 0 N–H and O–H groups in total. The molecule has 1 aromatic rings. The van der Waals surface area contributed by atoms with Gasteiger partial charge in [-0.1, -0.05) is 30.3 Å². The Labute approximate surface area is 96.4 Å². The Balaban J connectivity index is 1.96. The number of benzene rings is 1. The Morgan fingerprint density at radius 3 is 2.56 bits per heavy atom. The van der Waals surface area contributed by atoms with Crippen molar-refractivity contribution in [3.63, 3.8) is 0 Å². The third kappa shape index (κ3) is 2.83. The van der Waals surface area contributed by atoms with Crippen molar-refractivity contribution in [2.75, 3.05) is 11.5 Å². The molecule has 0 unspecified atom stereocenters. The van der Waals surface area contributed by atoms with Gasteiger partial charge < -0.3 is 4.74 Å². The van der Waals surface area contributed by atoms with Crippen molar-refractivity contribution in [3.05, 3.63) is 35.9 Å². The van der Waals surface area contributed by atoms with Gasteiger partial charge in [0.15, 0.2) is 9.84 Å². The highest BCUT2D eigenvalue weighted by molar-refractivity contribution is 7.91. The summed E-state index contributed by atoms with van der Waals surface area (Å²) >= 11 is 0. The van der Waals surface area contributed by atoms with Gasteiger partial charge in [-0.05, 0) is 18.9 Å². The predicted octanol–water partition coefficient (Wildman–Crippen LogP) is 1.78. The summed E-state index contributed by atoms with van der Waals surface area (Å²) in [5, 5.41) is 0. The van der Waals surface area contributed by atoms with Gasteiger partial charge in [0, 0.05) is 0 Å². The predicted molar refractivity (Wildman–Crippen MR) is 62.9 cm³/mol. The van der Waals surface area contributed by atoms with E-state index in [1.54, 1.807) is 0 Å². The third-order valence-corrected chi connectivity index (χ3v) is 4.77. The summed E-state index contributed by atoms with van der Waals surface area (Å²) in [7, 11) is -2.88. The minimum atomic E-state index is -2.88. The van der Waals surface area contributed by atoms with Crippen LogP contribution >= 0.6 is 0 Å². The standard InChI is InChI=1S/C12H16O3S/c1-12(7-8-16(13,14)10-12)15-9-11-5-3-2-4-6-11/h2-6H,7-10H2,1H3/t12-/m0/s1. The van der Waals surface area contributed by atoms with Crippen LogP contribution in [-0.4, -0.2) is 25.5 Å². The third-order valence-electron chi connectivity index (χ3n) is 2.90. The Bertz CT molecular complexity index is 452. The van der Waals surface area contributed by atoms with Crippen molar-refractivity contribution in [1.82, 2.24) is 0 Å². The molecule has 1 aliphatic heterocycles. The molecule has 3 nitrogen and oxygen atoms in total. The van der Waals surface area contributed by atoms with Crippen LogP contribution in [0.1, 0.15) is 18.9 Å². The summed E-state index contributed by atoms with van der Waals surface area (Å²) in [4.78, 5) is 0. The quantitative estimate of drug-likeness (QED) is 0.809. The number of hydrogen-bond acceptors (Lipinski definition) is 3. The van der Waals surface area contributed by atoms with Crippen LogP contribution in [0.5, 0.6) is 0 Å². The highest BCUT2D eigenvalue weighted by Gasteiger charge is 2.39. The zero-order valence-corrected chi connectivity index (χ0v) is 10.2. The molecule has 1 fully saturated rings. The van der Waals surface area contributed by atoms with Crippen LogP contribution in [0.2, 0.25) is 0 Å². The average molecular weight is 240 g/mol. The highest BCUT2D eigenvalue weighted by Crippen LogP contribution is 2.27. The number of rotatable bonds is 3. The van der Waals surface area contributed by atoms with E-state index in [0.717, 1.165) is 5.56 Å². The van der Waals surface area contributed by atoms with Crippen molar-refractivity contribution < 1.29 is 13.2 Å². The molecule has 1 aromatic carbocycles. The first-order chi connectivity index (χ1) is 7.49. The maximum atomic E-state index is 11.4. The summed E-state index contributed by atoms with van der Waals surface area (Å²) in [6, 6.07) is 9.81. The Morgan fingerprint density at radius 2 is 2.00 bits per heavy atom. The zero-order chi connectivity index (χ0) is 11.6. The molecule has 0 spiro atoms. The van der Waals surface area contributed by atoms with Gasteiger partial charge in [-0.2, -0.15) is 0 Å².